The average Bonchev–Trinajstić information content (AvgIpc) is 2.14. The fourth-order valence-corrected chi connectivity index (χ4v) is 1.21. The Morgan fingerprint density at radius 3 is 2.31 bits per heavy atom. The van der Waals surface area contributed by atoms with E-state index in [-0.39, 0.29) is 0 Å². The Hall–Kier alpha value is -0.370. The summed E-state index contributed by atoms with van der Waals surface area (Å²) >= 11 is 0. The molecule has 0 amide bonds. The van der Waals surface area contributed by atoms with Gasteiger partial charge in [-0.15, -0.1) is 0 Å². The lowest BCUT2D eigenvalue weighted by molar-refractivity contribution is -0.119. The Morgan fingerprint density at radius 2 is 1.69 bits per heavy atom. The number of hydrogen-bond acceptors (Lipinski definition) is 2. The van der Waals surface area contributed by atoms with Crippen LogP contribution in [0, 0.1) is 0 Å². The summed E-state index contributed by atoms with van der Waals surface area (Å²) in [5.41, 5.74) is 0. The maximum absolute atomic E-state index is 11.2. The number of carbonyl (C=O) groups is 1. The van der Waals surface area contributed by atoms with Crippen LogP contribution < -0.4 is 5.32 Å². The van der Waals surface area contributed by atoms with E-state index in [1.807, 2.05) is 0 Å². The molecular weight excluding hydrogens is 162 g/mol. The first-order valence-corrected chi connectivity index (χ1v) is 5.53. The van der Waals surface area contributed by atoms with Gasteiger partial charge in [0.15, 0.2) is 0 Å². The van der Waals surface area contributed by atoms with Crippen LogP contribution in [0.5, 0.6) is 0 Å². The molecule has 0 fully saturated rings. The molecule has 0 aliphatic heterocycles. The van der Waals surface area contributed by atoms with E-state index in [0.29, 0.717) is 5.78 Å². The fourth-order valence-electron chi connectivity index (χ4n) is 1.21. The molecule has 2 heteroatoms. The molecule has 0 saturated heterocycles. The normalized spacial score (nSPS) is 10.3. The van der Waals surface area contributed by atoms with Crippen molar-refractivity contribution in [2.75, 3.05) is 13.1 Å². The van der Waals surface area contributed by atoms with E-state index in [9.17, 15) is 4.79 Å². The molecule has 0 aliphatic carbocycles. The van der Waals surface area contributed by atoms with Gasteiger partial charge in [-0.1, -0.05) is 20.3 Å². The molecule has 0 spiro atoms. The van der Waals surface area contributed by atoms with Gasteiger partial charge in [0.25, 0.3) is 0 Å². The summed E-state index contributed by atoms with van der Waals surface area (Å²) in [5, 5.41) is 3.29. The van der Waals surface area contributed by atoms with Gasteiger partial charge in [0.2, 0.25) is 0 Å². The minimum atomic E-state index is 0.431. The molecule has 0 atom stereocenters. The van der Waals surface area contributed by atoms with E-state index >= 15 is 0 Å². The fraction of sp³-hybridized carbons (Fsp3) is 0.909. The second kappa shape index (κ2) is 9.72. The number of unbranched alkanes of at least 4 members (excludes halogenated alkanes) is 1. The zero-order valence-corrected chi connectivity index (χ0v) is 9.07. The molecule has 0 unspecified atom stereocenters. The van der Waals surface area contributed by atoms with Crippen LogP contribution >= 0.6 is 0 Å². The largest absolute Gasteiger partial charge is 0.317 e. The molecular formula is C11H23NO. The maximum atomic E-state index is 11.2. The van der Waals surface area contributed by atoms with Crippen LogP contribution in [0.25, 0.3) is 0 Å². The van der Waals surface area contributed by atoms with Crippen molar-refractivity contribution in [3.05, 3.63) is 0 Å². The first-order valence-electron chi connectivity index (χ1n) is 5.53. The van der Waals surface area contributed by atoms with E-state index in [0.717, 1.165) is 45.2 Å². The SMILES string of the molecule is CCCCC(=O)CCCNCCC. The second-order valence-electron chi connectivity index (χ2n) is 3.50. The number of ketones is 1. The molecule has 1 N–H and O–H groups in total. The highest BCUT2D eigenvalue weighted by Gasteiger charge is 1.99. The molecule has 0 radical (unpaired) electrons. The first kappa shape index (κ1) is 12.6. The summed E-state index contributed by atoms with van der Waals surface area (Å²) in [6.07, 6.45) is 5.90. The summed E-state index contributed by atoms with van der Waals surface area (Å²) in [6, 6.07) is 0. The predicted octanol–water partition coefficient (Wildman–Crippen LogP) is 2.53. The predicted molar refractivity (Wildman–Crippen MR) is 56.9 cm³/mol. The lowest BCUT2D eigenvalue weighted by Gasteiger charge is -2.01. The Balaban J connectivity index is 3.08. The van der Waals surface area contributed by atoms with E-state index in [1.165, 1.54) is 6.42 Å². The lowest BCUT2D eigenvalue weighted by Crippen LogP contribution is -2.16. The molecule has 13 heavy (non-hydrogen) atoms. The van der Waals surface area contributed by atoms with Crippen molar-refractivity contribution >= 4 is 5.78 Å². The highest BCUT2D eigenvalue weighted by atomic mass is 16.1. The molecule has 0 heterocycles. The van der Waals surface area contributed by atoms with Gasteiger partial charge >= 0.3 is 0 Å². The topological polar surface area (TPSA) is 29.1 Å². The third-order valence-electron chi connectivity index (χ3n) is 2.05. The van der Waals surface area contributed by atoms with Crippen LogP contribution in [0.4, 0.5) is 0 Å². The number of carbonyl (C=O) groups excluding carboxylic acids is 1. The maximum Gasteiger partial charge on any atom is 0.132 e. The highest BCUT2D eigenvalue weighted by Crippen LogP contribution is 2.00. The van der Waals surface area contributed by atoms with E-state index < -0.39 is 0 Å². The smallest absolute Gasteiger partial charge is 0.132 e. The molecule has 78 valence electrons. The van der Waals surface area contributed by atoms with Gasteiger partial charge in [-0.3, -0.25) is 4.79 Å². The van der Waals surface area contributed by atoms with Gasteiger partial charge in [0, 0.05) is 12.8 Å². The standard InChI is InChI=1S/C11H23NO/c1-3-5-7-11(13)8-6-10-12-9-4-2/h12H,3-10H2,1-2H3. The minimum Gasteiger partial charge on any atom is -0.317 e. The number of nitrogens with one attached hydrogen (secondary N) is 1. The molecule has 0 aromatic heterocycles. The second-order valence-corrected chi connectivity index (χ2v) is 3.50. The van der Waals surface area contributed by atoms with Crippen molar-refractivity contribution in [3.63, 3.8) is 0 Å². The Kier molecular flexibility index (Phi) is 9.44. The number of Topliss-reactive ketones (excluding diaryl/α,β-unsaturated/α-hetero) is 1. The van der Waals surface area contributed by atoms with Crippen molar-refractivity contribution in [3.8, 4) is 0 Å². The van der Waals surface area contributed by atoms with Crippen LogP contribution in [0.1, 0.15) is 52.4 Å². The molecule has 0 aromatic rings. The zero-order chi connectivity index (χ0) is 9.94. The zero-order valence-electron chi connectivity index (χ0n) is 9.07. The van der Waals surface area contributed by atoms with E-state index in [2.05, 4.69) is 19.2 Å². The number of rotatable bonds is 9. The van der Waals surface area contributed by atoms with Crippen molar-refractivity contribution in [2.24, 2.45) is 0 Å². The molecule has 0 aliphatic rings. The van der Waals surface area contributed by atoms with E-state index in [1.54, 1.807) is 0 Å². The van der Waals surface area contributed by atoms with Crippen molar-refractivity contribution in [1.82, 2.24) is 5.32 Å². The summed E-state index contributed by atoms with van der Waals surface area (Å²) < 4.78 is 0. The van der Waals surface area contributed by atoms with Gasteiger partial charge < -0.3 is 5.32 Å². The van der Waals surface area contributed by atoms with Gasteiger partial charge in [-0.2, -0.15) is 0 Å². The van der Waals surface area contributed by atoms with Gasteiger partial charge in [-0.25, -0.2) is 0 Å². The molecule has 0 saturated carbocycles. The third kappa shape index (κ3) is 9.54. The van der Waals surface area contributed by atoms with E-state index in [4.69, 9.17) is 0 Å². The number of hydrogen-bond donors (Lipinski definition) is 1. The minimum absolute atomic E-state index is 0.431. The average molecular weight is 185 g/mol. The summed E-state index contributed by atoms with van der Waals surface area (Å²) in [7, 11) is 0. The monoisotopic (exact) mass is 185 g/mol. The Morgan fingerprint density at radius 1 is 1.00 bits per heavy atom. The van der Waals surface area contributed by atoms with Crippen molar-refractivity contribution < 1.29 is 4.79 Å². The van der Waals surface area contributed by atoms with Gasteiger partial charge in [0.05, 0.1) is 0 Å². The Bertz CT molecular complexity index is 123. The van der Waals surface area contributed by atoms with Gasteiger partial charge in [-0.05, 0) is 32.4 Å². The summed E-state index contributed by atoms with van der Waals surface area (Å²) in [6.45, 7) is 6.34. The lowest BCUT2D eigenvalue weighted by atomic mass is 10.1. The summed E-state index contributed by atoms with van der Waals surface area (Å²) in [4.78, 5) is 11.2. The van der Waals surface area contributed by atoms with Crippen molar-refractivity contribution in [1.29, 1.82) is 0 Å². The third-order valence-corrected chi connectivity index (χ3v) is 2.05. The first-order chi connectivity index (χ1) is 6.31. The summed E-state index contributed by atoms with van der Waals surface area (Å²) in [5.74, 6) is 0.431. The Labute approximate surface area is 82.1 Å². The van der Waals surface area contributed by atoms with Crippen molar-refractivity contribution in [2.45, 2.75) is 52.4 Å². The molecule has 0 rings (SSSR count). The molecule has 0 bridgehead atoms. The molecule has 0 aromatic carbocycles. The quantitative estimate of drug-likeness (QED) is 0.559. The van der Waals surface area contributed by atoms with Crippen LogP contribution in [0.2, 0.25) is 0 Å². The van der Waals surface area contributed by atoms with Crippen LogP contribution in [-0.4, -0.2) is 18.9 Å². The van der Waals surface area contributed by atoms with Gasteiger partial charge in [0.1, 0.15) is 5.78 Å². The highest BCUT2D eigenvalue weighted by molar-refractivity contribution is 5.78. The van der Waals surface area contributed by atoms with Crippen LogP contribution in [0.15, 0.2) is 0 Å². The van der Waals surface area contributed by atoms with Crippen LogP contribution in [-0.2, 0) is 4.79 Å². The van der Waals surface area contributed by atoms with Crippen LogP contribution in [0.3, 0.4) is 0 Å². The molecule has 2 nitrogen and oxygen atoms in total.